The molecule has 0 radical (unpaired) electrons. The second-order valence-electron chi connectivity index (χ2n) is 4.24. The second kappa shape index (κ2) is 5.85. The van der Waals surface area contributed by atoms with Crippen LogP contribution in [0.5, 0.6) is 0 Å². The van der Waals surface area contributed by atoms with Crippen molar-refractivity contribution in [3.8, 4) is 0 Å². The van der Waals surface area contributed by atoms with Gasteiger partial charge in [-0.05, 0) is 37.6 Å². The Bertz CT molecular complexity index is 598. The number of aryl methyl sites for hydroxylation is 1. The van der Waals surface area contributed by atoms with Gasteiger partial charge in [0.25, 0.3) is 5.91 Å². The summed E-state index contributed by atoms with van der Waals surface area (Å²) in [5.41, 5.74) is 2.46. The first-order chi connectivity index (χ1) is 9.13. The number of nitrogens with zero attached hydrogens (tertiary/aromatic N) is 2. The molecule has 0 unspecified atom stereocenters. The molecule has 19 heavy (non-hydrogen) atoms. The molecule has 2 rings (SSSR count). The molecule has 0 spiro atoms. The number of aromatic nitrogens is 1. The Hall–Kier alpha value is -1.87. The summed E-state index contributed by atoms with van der Waals surface area (Å²) in [5, 5.41) is 0.374. The van der Waals surface area contributed by atoms with E-state index in [1.165, 1.54) is 6.20 Å². The van der Waals surface area contributed by atoms with E-state index in [4.69, 9.17) is 11.6 Å². The third kappa shape index (κ3) is 2.93. The van der Waals surface area contributed by atoms with Crippen LogP contribution in [-0.4, -0.2) is 17.4 Å². The van der Waals surface area contributed by atoms with Crippen molar-refractivity contribution in [3.05, 3.63) is 58.9 Å². The average molecular weight is 275 g/mol. The molecule has 1 amide bonds. The minimum atomic E-state index is -0.111. The van der Waals surface area contributed by atoms with Gasteiger partial charge in [-0.15, -0.1) is 0 Å². The van der Waals surface area contributed by atoms with Gasteiger partial charge in [-0.3, -0.25) is 9.78 Å². The molecule has 2 aromatic rings. The van der Waals surface area contributed by atoms with Crippen LogP contribution < -0.4 is 4.90 Å². The largest absolute Gasteiger partial charge is 0.309 e. The molecule has 0 N–H and O–H groups in total. The van der Waals surface area contributed by atoms with Crippen molar-refractivity contribution >= 4 is 23.2 Å². The highest BCUT2D eigenvalue weighted by Gasteiger charge is 2.18. The first-order valence-corrected chi connectivity index (χ1v) is 6.49. The molecule has 0 aliphatic carbocycles. The van der Waals surface area contributed by atoms with E-state index in [9.17, 15) is 4.79 Å². The summed E-state index contributed by atoms with van der Waals surface area (Å²) < 4.78 is 0. The topological polar surface area (TPSA) is 33.2 Å². The first-order valence-electron chi connectivity index (χ1n) is 6.11. The van der Waals surface area contributed by atoms with Crippen LogP contribution in [-0.2, 0) is 0 Å². The van der Waals surface area contributed by atoms with Gasteiger partial charge < -0.3 is 4.90 Å². The highest BCUT2D eigenvalue weighted by atomic mass is 35.5. The number of hydrogen-bond acceptors (Lipinski definition) is 2. The molecule has 0 bridgehead atoms. The van der Waals surface area contributed by atoms with Crippen LogP contribution in [0.25, 0.3) is 0 Å². The Morgan fingerprint density at radius 3 is 2.79 bits per heavy atom. The number of carbonyl (C=O) groups excluding carboxylic acids is 1. The van der Waals surface area contributed by atoms with Gasteiger partial charge in [0.2, 0.25) is 0 Å². The fourth-order valence-corrected chi connectivity index (χ4v) is 2.13. The smallest absolute Gasteiger partial charge is 0.259 e. The van der Waals surface area contributed by atoms with Gasteiger partial charge >= 0.3 is 0 Å². The highest BCUT2D eigenvalue weighted by Crippen LogP contribution is 2.21. The van der Waals surface area contributed by atoms with Crippen molar-refractivity contribution in [2.45, 2.75) is 13.8 Å². The third-order valence-corrected chi connectivity index (χ3v) is 3.18. The minimum Gasteiger partial charge on any atom is -0.309 e. The van der Waals surface area contributed by atoms with Crippen LogP contribution in [0.15, 0.2) is 42.7 Å². The summed E-state index contributed by atoms with van der Waals surface area (Å²) in [6.07, 6.45) is 3.06. The predicted molar refractivity (Wildman–Crippen MR) is 77.8 cm³/mol. The minimum absolute atomic E-state index is 0.111. The molecule has 0 aliphatic rings. The van der Waals surface area contributed by atoms with Gasteiger partial charge in [0.15, 0.2) is 0 Å². The van der Waals surface area contributed by atoms with Crippen molar-refractivity contribution in [1.82, 2.24) is 4.98 Å². The summed E-state index contributed by atoms with van der Waals surface area (Å²) >= 11 is 6.03. The molecular weight excluding hydrogens is 260 g/mol. The third-order valence-electron chi connectivity index (χ3n) is 2.88. The van der Waals surface area contributed by atoms with Crippen LogP contribution in [0.4, 0.5) is 5.69 Å². The number of hydrogen-bond donors (Lipinski definition) is 0. The molecule has 0 fully saturated rings. The molecule has 1 heterocycles. The molecule has 98 valence electrons. The van der Waals surface area contributed by atoms with Crippen molar-refractivity contribution < 1.29 is 4.79 Å². The lowest BCUT2D eigenvalue weighted by Crippen LogP contribution is -2.30. The Balaban J connectivity index is 2.38. The first kappa shape index (κ1) is 13.6. The molecule has 3 nitrogen and oxygen atoms in total. The SMILES string of the molecule is CCN(C(=O)c1ccncc1Cl)c1cccc(C)c1. The van der Waals surface area contributed by atoms with E-state index in [1.54, 1.807) is 17.2 Å². The summed E-state index contributed by atoms with van der Waals surface area (Å²) in [7, 11) is 0. The number of halogens is 1. The number of pyridine rings is 1. The Morgan fingerprint density at radius 1 is 1.37 bits per heavy atom. The summed E-state index contributed by atoms with van der Waals surface area (Å²) in [4.78, 5) is 18.1. The van der Waals surface area contributed by atoms with Gasteiger partial charge in [0.05, 0.1) is 10.6 Å². The zero-order chi connectivity index (χ0) is 13.8. The van der Waals surface area contributed by atoms with Crippen molar-refractivity contribution in [2.24, 2.45) is 0 Å². The Kier molecular flexibility index (Phi) is 4.17. The molecule has 4 heteroatoms. The monoisotopic (exact) mass is 274 g/mol. The molecule has 0 saturated heterocycles. The number of amides is 1. The lowest BCUT2D eigenvalue weighted by atomic mass is 10.1. The number of rotatable bonds is 3. The number of anilines is 1. The summed E-state index contributed by atoms with van der Waals surface area (Å²) in [6, 6.07) is 9.49. The van der Waals surface area contributed by atoms with Crippen LogP contribution in [0.3, 0.4) is 0 Å². The fraction of sp³-hybridized carbons (Fsp3) is 0.200. The lowest BCUT2D eigenvalue weighted by molar-refractivity contribution is 0.0988. The zero-order valence-corrected chi connectivity index (χ0v) is 11.7. The van der Waals surface area contributed by atoms with E-state index in [2.05, 4.69) is 4.98 Å². The molecule has 0 saturated carbocycles. The maximum Gasteiger partial charge on any atom is 0.259 e. The Labute approximate surface area is 117 Å². The molecule has 1 aromatic heterocycles. The maximum atomic E-state index is 12.5. The fourth-order valence-electron chi connectivity index (χ4n) is 1.93. The van der Waals surface area contributed by atoms with Crippen LogP contribution in [0.2, 0.25) is 5.02 Å². The van der Waals surface area contributed by atoms with E-state index in [0.717, 1.165) is 11.3 Å². The molecular formula is C15H15ClN2O. The maximum absolute atomic E-state index is 12.5. The van der Waals surface area contributed by atoms with Crippen LogP contribution in [0, 0.1) is 6.92 Å². The standard InChI is InChI=1S/C15H15ClN2O/c1-3-18(12-6-4-5-11(2)9-12)15(19)13-7-8-17-10-14(13)16/h4-10H,3H2,1-2H3. The summed E-state index contributed by atoms with van der Waals surface area (Å²) in [6.45, 7) is 4.53. The van der Waals surface area contributed by atoms with Crippen LogP contribution >= 0.6 is 11.6 Å². The average Bonchev–Trinajstić information content (AvgIpc) is 2.40. The molecule has 1 aromatic carbocycles. The molecule has 0 atom stereocenters. The highest BCUT2D eigenvalue weighted by molar-refractivity contribution is 6.34. The van der Waals surface area contributed by atoms with Crippen molar-refractivity contribution in [2.75, 3.05) is 11.4 Å². The van der Waals surface area contributed by atoms with Gasteiger partial charge in [0, 0.05) is 24.6 Å². The van der Waals surface area contributed by atoms with Gasteiger partial charge in [-0.2, -0.15) is 0 Å². The predicted octanol–water partition coefficient (Wildman–Crippen LogP) is 3.71. The van der Waals surface area contributed by atoms with Crippen molar-refractivity contribution in [3.63, 3.8) is 0 Å². The van der Waals surface area contributed by atoms with Crippen molar-refractivity contribution in [1.29, 1.82) is 0 Å². The van der Waals surface area contributed by atoms with E-state index in [1.807, 2.05) is 38.1 Å². The summed E-state index contributed by atoms with van der Waals surface area (Å²) in [5.74, 6) is -0.111. The zero-order valence-electron chi connectivity index (χ0n) is 10.9. The lowest BCUT2D eigenvalue weighted by Gasteiger charge is -2.22. The normalized spacial score (nSPS) is 10.3. The quantitative estimate of drug-likeness (QED) is 0.855. The van der Waals surface area contributed by atoms with Gasteiger partial charge in [-0.1, -0.05) is 23.7 Å². The van der Waals surface area contributed by atoms with Crippen LogP contribution in [0.1, 0.15) is 22.8 Å². The van der Waals surface area contributed by atoms with E-state index < -0.39 is 0 Å². The van der Waals surface area contributed by atoms with Gasteiger partial charge in [0.1, 0.15) is 0 Å². The second-order valence-corrected chi connectivity index (χ2v) is 4.65. The Morgan fingerprint density at radius 2 is 2.16 bits per heavy atom. The van der Waals surface area contributed by atoms with E-state index in [0.29, 0.717) is 17.1 Å². The number of benzene rings is 1. The number of carbonyl (C=O) groups is 1. The van der Waals surface area contributed by atoms with Gasteiger partial charge in [-0.25, -0.2) is 0 Å². The van der Waals surface area contributed by atoms with E-state index in [-0.39, 0.29) is 5.91 Å². The molecule has 0 aliphatic heterocycles. The van der Waals surface area contributed by atoms with E-state index >= 15 is 0 Å².